The highest BCUT2D eigenvalue weighted by Crippen LogP contribution is 2.14. The van der Waals surface area contributed by atoms with Crippen molar-refractivity contribution in [3.05, 3.63) is 54.3 Å². The summed E-state index contributed by atoms with van der Waals surface area (Å²) in [6, 6.07) is 14.4. The van der Waals surface area contributed by atoms with E-state index in [0.717, 1.165) is 5.75 Å². The highest BCUT2D eigenvalue weighted by atomic mass is 16.5. The zero-order valence-electron chi connectivity index (χ0n) is 13.6. The summed E-state index contributed by atoms with van der Waals surface area (Å²) < 4.78 is 10.4. The number of para-hydroxylation sites is 1. The van der Waals surface area contributed by atoms with Crippen molar-refractivity contribution in [2.24, 2.45) is 0 Å². The summed E-state index contributed by atoms with van der Waals surface area (Å²) in [5, 5.41) is 17.3. The predicted octanol–water partition coefficient (Wildman–Crippen LogP) is 2.92. The molecule has 0 bridgehead atoms. The van der Waals surface area contributed by atoms with Gasteiger partial charge in [0.05, 0.1) is 13.0 Å². The summed E-state index contributed by atoms with van der Waals surface area (Å²) in [6.07, 6.45) is 0.217. The minimum atomic E-state index is -0.196. The molecule has 2 aromatic heterocycles. The van der Waals surface area contributed by atoms with E-state index in [4.69, 9.17) is 9.26 Å². The molecule has 2 heterocycles. The standard InChI is InChI=1S/C17H17N5O3/c1-12-11-16(22-25-12)18-14-7-8-15(21-20-14)19-17(23)9-10-24-13-5-3-2-4-6-13/h2-8,11H,9-10H2,1H3,(H,18,20,22)(H,19,21,23). The topological polar surface area (TPSA) is 102 Å². The minimum absolute atomic E-state index is 0.196. The van der Waals surface area contributed by atoms with Crippen LogP contribution < -0.4 is 15.4 Å². The monoisotopic (exact) mass is 339 g/mol. The van der Waals surface area contributed by atoms with Crippen LogP contribution in [0.4, 0.5) is 17.5 Å². The molecule has 1 aromatic carbocycles. The number of rotatable bonds is 7. The number of aryl methyl sites for hydroxylation is 1. The lowest BCUT2D eigenvalue weighted by Gasteiger charge is -2.07. The molecule has 0 unspecified atom stereocenters. The van der Waals surface area contributed by atoms with Gasteiger partial charge in [-0.1, -0.05) is 23.4 Å². The summed E-state index contributed by atoms with van der Waals surface area (Å²) in [4.78, 5) is 11.9. The average molecular weight is 339 g/mol. The largest absolute Gasteiger partial charge is 0.493 e. The van der Waals surface area contributed by atoms with E-state index in [1.807, 2.05) is 30.3 Å². The van der Waals surface area contributed by atoms with Crippen LogP contribution in [0.25, 0.3) is 0 Å². The third-order valence-electron chi connectivity index (χ3n) is 3.16. The molecule has 3 rings (SSSR count). The second-order valence-corrected chi connectivity index (χ2v) is 5.21. The highest BCUT2D eigenvalue weighted by molar-refractivity contribution is 5.89. The zero-order valence-corrected chi connectivity index (χ0v) is 13.6. The first-order valence-electron chi connectivity index (χ1n) is 7.71. The third-order valence-corrected chi connectivity index (χ3v) is 3.16. The van der Waals surface area contributed by atoms with E-state index < -0.39 is 0 Å². The first-order valence-corrected chi connectivity index (χ1v) is 7.71. The van der Waals surface area contributed by atoms with Gasteiger partial charge < -0.3 is 19.9 Å². The van der Waals surface area contributed by atoms with E-state index >= 15 is 0 Å². The molecule has 0 radical (unpaired) electrons. The van der Waals surface area contributed by atoms with Crippen molar-refractivity contribution < 1.29 is 14.1 Å². The van der Waals surface area contributed by atoms with Gasteiger partial charge >= 0.3 is 0 Å². The fraction of sp³-hybridized carbons (Fsp3) is 0.176. The molecule has 0 atom stereocenters. The van der Waals surface area contributed by atoms with E-state index in [-0.39, 0.29) is 18.9 Å². The molecule has 0 saturated heterocycles. The number of nitrogens with one attached hydrogen (secondary N) is 2. The molecule has 0 aliphatic heterocycles. The molecule has 0 fully saturated rings. The Morgan fingerprint density at radius 3 is 2.52 bits per heavy atom. The SMILES string of the molecule is Cc1cc(Nc2ccc(NC(=O)CCOc3ccccc3)nn2)no1. The first-order chi connectivity index (χ1) is 12.2. The van der Waals surface area contributed by atoms with Crippen molar-refractivity contribution in [3.63, 3.8) is 0 Å². The van der Waals surface area contributed by atoms with E-state index in [1.165, 1.54) is 0 Å². The second-order valence-electron chi connectivity index (χ2n) is 5.21. The van der Waals surface area contributed by atoms with Crippen LogP contribution in [0.1, 0.15) is 12.2 Å². The number of aromatic nitrogens is 3. The van der Waals surface area contributed by atoms with Gasteiger partial charge in [0.25, 0.3) is 0 Å². The van der Waals surface area contributed by atoms with Crippen LogP contribution in [0.3, 0.4) is 0 Å². The van der Waals surface area contributed by atoms with Gasteiger partial charge in [0.2, 0.25) is 5.91 Å². The Morgan fingerprint density at radius 2 is 1.84 bits per heavy atom. The molecule has 0 saturated carbocycles. The van der Waals surface area contributed by atoms with Crippen molar-refractivity contribution in [2.45, 2.75) is 13.3 Å². The van der Waals surface area contributed by atoms with Crippen LogP contribution in [0.15, 0.2) is 53.1 Å². The van der Waals surface area contributed by atoms with Crippen molar-refractivity contribution >= 4 is 23.4 Å². The number of amides is 1. The normalized spacial score (nSPS) is 10.3. The maximum absolute atomic E-state index is 11.9. The Balaban J connectivity index is 1.45. The highest BCUT2D eigenvalue weighted by Gasteiger charge is 2.06. The number of hydrogen-bond acceptors (Lipinski definition) is 7. The van der Waals surface area contributed by atoms with Crippen LogP contribution >= 0.6 is 0 Å². The summed E-state index contributed by atoms with van der Waals surface area (Å²) >= 11 is 0. The molecule has 0 aliphatic rings. The van der Waals surface area contributed by atoms with E-state index in [2.05, 4.69) is 26.0 Å². The van der Waals surface area contributed by atoms with Gasteiger partial charge in [-0.05, 0) is 31.2 Å². The van der Waals surface area contributed by atoms with Crippen molar-refractivity contribution in [1.82, 2.24) is 15.4 Å². The summed E-state index contributed by atoms with van der Waals surface area (Å²) in [5.41, 5.74) is 0. The Morgan fingerprint density at radius 1 is 1.08 bits per heavy atom. The van der Waals surface area contributed by atoms with Crippen LogP contribution in [-0.4, -0.2) is 27.9 Å². The van der Waals surface area contributed by atoms with E-state index in [9.17, 15) is 4.79 Å². The molecule has 0 spiro atoms. The van der Waals surface area contributed by atoms with Gasteiger partial charge in [-0.25, -0.2) is 0 Å². The van der Waals surface area contributed by atoms with Crippen LogP contribution in [0.5, 0.6) is 5.75 Å². The van der Waals surface area contributed by atoms with E-state index in [1.54, 1.807) is 25.1 Å². The smallest absolute Gasteiger partial charge is 0.229 e. The first kappa shape index (κ1) is 16.4. The van der Waals surface area contributed by atoms with Gasteiger partial charge in [-0.3, -0.25) is 4.79 Å². The number of hydrogen-bond donors (Lipinski definition) is 2. The third kappa shape index (κ3) is 5.03. The molecule has 128 valence electrons. The van der Waals surface area contributed by atoms with E-state index in [0.29, 0.717) is 23.2 Å². The van der Waals surface area contributed by atoms with Crippen molar-refractivity contribution in [2.75, 3.05) is 17.2 Å². The number of carbonyl (C=O) groups excluding carboxylic acids is 1. The van der Waals surface area contributed by atoms with Gasteiger partial charge in [-0.2, -0.15) is 0 Å². The fourth-order valence-electron chi connectivity index (χ4n) is 2.01. The zero-order chi connectivity index (χ0) is 17.5. The molecule has 0 aliphatic carbocycles. The van der Waals surface area contributed by atoms with Gasteiger partial charge in [0.15, 0.2) is 17.5 Å². The molecule has 1 amide bonds. The van der Waals surface area contributed by atoms with Crippen LogP contribution in [0, 0.1) is 6.92 Å². The molecular weight excluding hydrogens is 322 g/mol. The summed E-state index contributed by atoms with van der Waals surface area (Å²) in [5.74, 6) is 2.63. The number of benzene rings is 1. The second kappa shape index (κ2) is 7.91. The Kier molecular flexibility index (Phi) is 5.20. The number of anilines is 3. The van der Waals surface area contributed by atoms with Crippen molar-refractivity contribution in [3.8, 4) is 5.75 Å². The molecule has 8 heteroatoms. The molecule has 3 aromatic rings. The lowest BCUT2D eigenvalue weighted by molar-refractivity contribution is -0.116. The average Bonchev–Trinajstić information content (AvgIpc) is 3.02. The Labute approximate surface area is 144 Å². The van der Waals surface area contributed by atoms with Crippen LogP contribution in [0.2, 0.25) is 0 Å². The van der Waals surface area contributed by atoms with Gasteiger partial charge in [-0.15, -0.1) is 10.2 Å². The molecule has 2 N–H and O–H groups in total. The Bertz CT molecular complexity index is 818. The van der Waals surface area contributed by atoms with Crippen molar-refractivity contribution in [1.29, 1.82) is 0 Å². The maximum Gasteiger partial charge on any atom is 0.229 e. The lowest BCUT2D eigenvalue weighted by atomic mass is 10.3. The fourth-order valence-corrected chi connectivity index (χ4v) is 2.01. The van der Waals surface area contributed by atoms with Gasteiger partial charge in [0.1, 0.15) is 11.5 Å². The number of ether oxygens (including phenoxy) is 1. The minimum Gasteiger partial charge on any atom is -0.493 e. The van der Waals surface area contributed by atoms with Gasteiger partial charge in [0, 0.05) is 6.07 Å². The predicted molar refractivity (Wildman–Crippen MR) is 91.7 cm³/mol. The summed E-state index contributed by atoms with van der Waals surface area (Å²) in [6.45, 7) is 2.08. The molecule has 8 nitrogen and oxygen atoms in total. The Hall–Kier alpha value is -3.42. The molecule has 25 heavy (non-hydrogen) atoms. The number of carbonyl (C=O) groups is 1. The van der Waals surface area contributed by atoms with Crippen LogP contribution in [-0.2, 0) is 4.79 Å². The lowest BCUT2D eigenvalue weighted by Crippen LogP contribution is -2.16. The number of nitrogens with zero attached hydrogens (tertiary/aromatic N) is 3. The quantitative estimate of drug-likeness (QED) is 0.682. The summed E-state index contributed by atoms with van der Waals surface area (Å²) in [7, 11) is 0. The maximum atomic E-state index is 11.9. The molecular formula is C17H17N5O3.